The van der Waals surface area contributed by atoms with E-state index in [-0.39, 0.29) is 5.91 Å². The van der Waals surface area contributed by atoms with Gasteiger partial charge in [0.15, 0.2) is 5.82 Å². The number of hydrogen-bond acceptors (Lipinski definition) is 5. The Morgan fingerprint density at radius 3 is 2.95 bits per heavy atom. The van der Waals surface area contributed by atoms with Gasteiger partial charge in [-0.3, -0.25) is 4.79 Å². The van der Waals surface area contributed by atoms with Crippen LogP contribution in [0.5, 0.6) is 0 Å². The molecule has 1 saturated carbocycles. The van der Waals surface area contributed by atoms with Crippen molar-refractivity contribution in [3.63, 3.8) is 0 Å². The molecule has 1 aliphatic carbocycles. The van der Waals surface area contributed by atoms with E-state index in [0.717, 1.165) is 18.7 Å². The van der Waals surface area contributed by atoms with E-state index in [1.54, 1.807) is 6.92 Å². The van der Waals surface area contributed by atoms with Crippen LogP contribution in [0.15, 0.2) is 4.52 Å². The number of carbonyl (C=O) groups excluding carboxylic acids is 1. The van der Waals surface area contributed by atoms with E-state index in [1.807, 2.05) is 6.92 Å². The highest BCUT2D eigenvalue weighted by Crippen LogP contribution is 2.32. The molecule has 0 bridgehead atoms. The lowest BCUT2D eigenvalue weighted by molar-refractivity contribution is -0.131. The van der Waals surface area contributed by atoms with Crippen LogP contribution in [0.2, 0.25) is 0 Å². The average molecular weight is 281 g/mol. The Kier molecular flexibility index (Phi) is 5.52. The summed E-state index contributed by atoms with van der Waals surface area (Å²) in [4.78, 5) is 16.0. The first kappa shape index (κ1) is 15.0. The van der Waals surface area contributed by atoms with Crippen LogP contribution in [0.1, 0.15) is 57.2 Å². The number of ether oxygens (including phenoxy) is 1. The van der Waals surface area contributed by atoms with E-state index in [2.05, 4.69) is 15.5 Å². The molecule has 20 heavy (non-hydrogen) atoms. The van der Waals surface area contributed by atoms with Gasteiger partial charge in [-0.15, -0.1) is 0 Å². The molecule has 1 aromatic heterocycles. The van der Waals surface area contributed by atoms with E-state index >= 15 is 0 Å². The number of aromatic nitrogens is 2. The maximum absolute atomic E-state index is 11.6. The number of hydrogen-bond donors (Lipinski definition) is 1. The van der Waals surface area contributed by atoms with Gasteiger partial charge in [-0.05, 0) is 26.7 Å². The van der Waals surface area contributed by atoms with Crippen molar-refractivity contribution in [1.82, 2.24) is 15.5 Å². The normalized spacial score (nSPS) is 17.3. The predicted molar refractivity (Wildman–Crippen MR) is 73.3 cm³/mol. The van der Waals surface area contributed by atoms with Crippen LogP contribution in [-0.2, 0) is 16.0 Å². The fraction of sp³-hybridized carbons (Fsp3) is 0.786. The highest BCUT2D eigenvalue weighted by molar-refractivity contribution is 5.80. The van der Waals surface area contributed by atoms with Crippen molar-refractivity contribution in [1.29, 1.82) is 0 Å². The second kappa shape index (κ2) is 7.38. The Morgan fingerprint density at radius 1 is 1.50 bits per heavy atom. The monoisotopic (exact) mass is 281 g/mol. The molecule has 0 spiro atoms. The minimum Gasteiger partial charge on any atom is -0.369 e. The fourth-order valence-corrected chi connectivity index (χ4v) is 2.47. The summed E-state index contributed by atoms with van der Waals surface area (Å²) >= 11 is 0. The Morgan fingerprint density at radius 2 is 2.25 bits per heavy atom. The van der Waals surface area contributed by atoms with Gasteiger partial charge >= 0.3 is 0 Å². The van der Waals surface area contributed by atoms with Crippen molar-refractivity contribution < 1.29 is 14.1 Å². The van der Waals surface area contributed by atoms with Crippen molar-refractivity contribution >= 4 is 5.91 Å². The summed E-state index contributed by atoms with van der Waals surface area (Å²) in [5, 5.41) is 6.78. The van der Waals surface area contributed by atoms with Gasteiger partial charge < -0.3 is 14.6 Å². The second-order valence-electron chi connectivity index (χ2n) is 5.17. The second-order valence-corrected chi connectivity index (χ2v) is 5.17. The predicted octanol–water partition coefficient (Wildman–Crippen LogP) is 1.81. The minimum atomic E-state index is -0.417. The van der Waals surface area contributed by atoms with Crippen LogP contribution in [-0.4, -0.2) is 35.3 Å². The maximum Gasteiger partial charge on any atom is 0.248 e. The van der Waals surface area contributed by atoms with E-state index in [1.165, 1.54) is 12.8 Å². The van der Waals surface area contributed by atoms with E-state index < -0.39 is 6.10 Å². The first-order valence-corrected chi connectivity index (χ1v) is 7.42. The molecule has 112 valence electrons. The van der Waals surface area contributed by atoms with Crippen LogP contribution in [0, 0.1) is 0 Å². The number of amides is 1. The highest BCUT2D eigenvalue weighted by Gasteiger charge is 2.22. The Balaban J connectivity index is 1.73. The minimum absolute atomic E-state index is 0.105. The lowest BCUT2D eigenvalue weighted by Crippen LogP contribution is -2.35. The van der Waals surface area contributed by atoms with Crippen LogP contribution in [0.25, 0.3) is 0 Å². The molecule has 6 heteroatoms. The average Bonchev–Trinajstić information content (AvgIpc) is 3.09. The summed E-state index contributed by atoms with van der Waals surface area (Å²) < 4.78 is 10.5. The standard InChI is InChI=1S/C14H23N3O3/c1-3-19-10(2)13(18)15-9-8-12-16-14(20-17-12)11-6-4-5-7-11/h10-11H,3-9H2,1-2H3,(H,15,18)/t10-/m1/s1. The third kappa shape index (κ3) is 4.03. The Hall–Kier alpha value is -1.43. The first-order chi connectivity index (χ1) is 9.70. The molecule has 0 unspecified atom stereocenters. The van der Waals surface area contributed by atoms with Crippen LogP contribution in [0.4, 0.5) is 0 Å². The van der Waals surface area contributed by atoms with Gasteiger partial charge in [-0.2, -0.15) is 4.98 Å². The van der Waals surface area contributed by atoms with Gasteiger partial charge in [0.05, 0.1) is 0 Å². The molecule has 0 aliphatic heterocycles. The summed E-state index contributed by atoms with van der Waals surface area (Å²) in [6, 6.07) is 0. The summed E-state index contributed by atoms with van der Waals surface area (Å²) in [5.74, 6) is 1.75. The number of carbonyl (C=O) groups is 1. The summed E-state index contributed by atoms with van der Waals surface area (Å²) in [7, 11) is 0. The molecule has 0 aromatic carbocycles. The molecule has 1 heterocycles. The SMILES string of the molecule is CCO[C@H](C)C(=O)NCCc1noc(C2CCCC2)n1. The quantitative estimate of drug-likeness (QED) is 0.824. The Bertz CT molecular complexity index is 427. The van der Waals surface area contributed by atoms with Crippen molar-refractivity contribution in [2.75, 3.05) is 13.2 Å². The van der Waals surface area contributed by atoms with Gasteiger partial charge in [0.25, 0.3) is 0 Å². The van der Waals surface area contributed by atoms with Gasteiger partial charge in [0.2, 0.25) is 11.8 Å². The summed E-state index contributed by atoms with van der Waals surface area (Å²) in [5.41, 5.74) is 0. The number of nitrogens with zero attached hydrogens (tertiary/aromatic N) is 2. The molecule has 0 radical (unpaired) electrons. The largest absolute Gasteiger partial charge is 0.369 e. The molecule has 2 rings (SSSR count). The molecule has 1 aliphatic rings. The van der Waals surface area contributed by atoms with Crippen molar-refractivity contribution in [3.8, 4) is 0 Å². The van der Waals surface area contributed by atoms with Gasteiger partial charge in [-0.25, -0.2) is 0 Å². The number of rotatable bonds is 7. The zero-order valence-electron chi connectivity index (χ0n) is 12.2. The summed E-state index contributed by atoms with van der Waals surface area (Å²) in [6.07, 6.45) is 4.94. The zero-order chi connectivity index (χ0) is 14.4. The molecule has 1 atom stereocenters. The van der Waals surface area contributed by atoms with Crippen molar-refractivity contribution in [3.05, 3.63) is 11.7 Å². The molecule has 1 amide bonds. The molecule has 0 saturated heterocycles. The Labute approximate surface area is 119 Å². The molecular weight excluding hydrogens is 258 g/mol. The van der Waals surface area contributed by atoms with Crippen LogP contribution in [0.3, 0.4) is 0 Å². The van der Waals surface area contributed by atoms with Crippen LogP contribution >= 0.6 is 0 Å². The van der Waals surface area contributed by atoms with Crippen molar-refractivity contribution in [2.24, 2.45) is 0 Å². The van der Waals surface area contributed by atoms with E-state index in [9.17, 15) is 4.79 Å². The number of nitrogens with one attached hydrogen (secondary N) is 1. The van der Waals surface area contributed by atoms with Gasteiger partial charge in [0.1, 0.15) is 6.10 Å². The molecule has 6 nitrogen and oxygen atoms in total. The van der Waals surface area contributed by atoms with Gasteiger partial charge in [-0.1, -0.05) is 18.0 Å². The first-order valence-electron chi connectivity index (χ1n) is 7.42. The molecule has 1 aromatic rings. The lowest BCUT2D eigenvalue weighted by Gasteiger charge is -2.10. The van der Waals surface area contributed by atoms with Crippen molar-refractivity contribution in [2.45, 2.75) is 58.0 Å². The zero-order valence-corrected chi connectivity index (χ0v) is 12.2. The fourth-order valence-electron chi connectivity index (χ4n) is 2.47. The topological polar surface area (TPSA) is 77.2 Å². The third-order valence-corrected chi connectivity index (χ3v) is 3.62. The molecule has 1 fully saturated rings. The van der Waals surface area contributed by atoms with Gasteiger partial charge in [0, 0.05) is 25.5 Å². The van der Waals surface area contributed by atoms with Crippen LogP contribution < -0.4 is 5.32 Å². The molecule has 1 N–H and O–H groups in total. The third-order valence-electron chi connectivity index (χ3n) is 3.62. The van der Waals surface area contributed by atoms with E-state index in [0.29, 0.717) is 31.3 Å². The molecular formula is C14H23N3O3. The maximum atomic E-state index is 11.6. The summed E-state index contributed by atoms with van der Waals surface area (Å²) in [6.45, 7) is 4.64. The van der Waals surface area contributed by atoms with E-state index in [4.69, 9.17) is 9.26 Å². The smallest absolute Gasteiger partial charge is 0.248 e. The lowest BCUT2D eigenvalue weighted by atomic mass is 10.1. The highest BCUT2D eigenvalue weighted by atomic mass is 16.5.